The topological polar surface area (TPSA) is 159 Å². The minimum absolute atomic E-state index is 0.193. The second-order valence-corrected chi connectivity index (χ2v) is 8.11. The van der Waals surface area contributed by atoms with Crippen LogP contribution in [-0.4, -0.2) is 70.6 Å². The summed E-state index contributed by atoms with van der Waals surface area (Å²) in [4.78, 5) is 2.92. The molecular formula is C14H15BrClNO9S. The molecule has 0 radical (unpaired) electrons. The van der Waals surface area contributed by atoms with Crippen molar-refractivity contribution in [2.75, 3.05) is 6.61 Å². The predicted molar refractivity (Wildman–Crippen MR) is 95.8 cm³/mol. The fraction of sp³-hybridized carbons (Fsp3) is 0.429. The van der Waals surface area contributed by atoms with E-state index in [0.29, 0.717) is 20.4 Å². The predicted octanol–water partition coefficient (Wildman–Crippen LogP) is 0.590. The molecule has 1 aromatic heterocycles. The first kappa shape index (κ1) is 20.8. The van der Waals surface area contributed by atoms with Crippen molar-refractivity contribution in [3.8, 4) is 5.75 Å². The van der Waals surface area contributed by atoms with Gasteiger partial charge in [-0.15, -0.1) is 0 Å². The first-order valence-corrected chi connectivity index (χ1v) is 10.1. The van der Waals surface area contributed by atoms with Crippen LogP contribution >= 0.6 is 27.5 Å². The highest BCUT2D eigenvalue weighted by Crippen LogP contribution is 2.38. The first-order valence-electron chi connectivity index (χ1n) is 7.51. The van der Waals surface area contributed by atoms with Gasteiger partial charge in [0.2, 0.25) is 6.29 Å². The van der Waals surface area contributed by atoms with E-state index in [2.05, 4.69) is 25.1 Å². The first-order chi connectivity index (χ1) is 12.6. The molecule has 3 rings (SSSR count). The van der Waals surface area contributed by atoms with Crippen LogP contribution in [0.1, 0.15) is 0 Å². The number of fused-ring (bicyclic) bond motifs is 1. The Labute approximate surface area is 166 Å². The average molecular weight is 489 g/mol. The SMILES string of the molecule is O=S(=O)(O)OCC1O[C@@H](Oc2c[nH]c3ccc(Br)c(Cl)c23)C(O)[C@H](O)[C@H]1O. The van der Waals surface area contributed by atoms with Gasteiger partial charge in [0.1, 0.15) is 30.2 Å². The van der Waals surface area contributed by atoms with Crippen molar-refractivity contribution >= 4 is 48.8 Å². The van der Waals surface area contributed by atoms with Gasteiger partial charge in [-0.05, 0) is 28.1 Å². The molecule has 150 valence electrons. The van der Waals surface area contributed by atoms with E-state index in [-0.39, 0.29) is 5.75 Å². The van der Waals surface area contributed by atoms with Crippen LogP contribution in [0.15, 0.2) is 22.8 Å². The number of H-pyrrole nitrogens is 1. The van der Waals surface area contributed by atoms with E-state index in [9.17, 15) is 23.7 Å². The smallest absolute Gasteiger partial charge is 0.397 e. The summed E-state index contributed by atoms with van der Waals surface area (Å²) < 4.78 is 45.7. The lowest BCUT2D eigenvalue weighted by atomic mass is 9.99. The molecule has 2 unspecified atom stereocenters. The summed E-state index contributed by atoms with van der Waals surface area (Å²) >= 11 is 9.54. The Kier molecular flexibility index (Phi) is 6.01. The van der Waals surface area contributed by atoms with Gasteiger partial charge in [-0.25, -0.2) is 4.18 Å². The summed E-state index contributed by atoms with van der Waals surface area (Å²) in [6.07, 6.45) is -6.47. The maximum Gasteiger partial charge on any atom is 0.397 e. The van der Waals surface area contributed by atoms with Crippen molar-refractivity contribution in [3.63, 3.8) is 0 Å². The lowest BCUT2D eigenvalue weighted by Crippen LogP contribution is -2.60. The summed E-state index contributed by atoms with van der Waals surface area (Å²) in [7, 11) is -4.79. The van der Waals surface area contributed by atoms with Crippen molar-refractivity contribution in [1.82, 2.24) is 4.98 Å². The van der Waals surface area contributed by atoms with Gasteiger partial charge in [-0.3, -0.25) is 4.55 Å². The summed E-state index contributed by atoms with van der Waals surface area (Å²) in [5.41, 5.74) is 0.635. The van der Waals surface area contributed by atoms with Gasteiger partial charge in [0.05, 0.1) is 22.5 Å². The standard InChI is InChI=1S/C14H15BrClNO9S/c15-5-1-2-6-9(10(5)16)7(3-17-6)25-14-13(20)12(19)11(18)8(26-14)4-24-27(21,22)23/h1-3,8,11-14,17-20H,4H2,(H,21,22,23)/t8?,11-,12+,13?,14+/m0/s1. The Morgan fingerprint density at radius 2 is 1.93 bits per heavy atom. The van der Waals surface area contributed by atoms with Crippen LogP contribution in [0.3, 0.4) is 0 Å². The molecule has 0 bridgehead atoms. The monoisotopic (exact) mass is 487 g/mol. The molecule has 2 heterocycles. The van der Waals surface area contributed by atoms with Crippen molar-refractivity contribution in [2.24, 2.45) is 0 Å². The molecule has 0 spiro atoms. The average Bonchev–Trinajstić information content (AvgIpc) is 3.00. The summed E-state index contributed by atoms with van der Waals surface area (Å²) in [6.45, 7) is -0.802. The van der Waals surface area contributed by atoms with Gasteiger partial charge in [-0.2, -0.15) is 8.42 Å². The number of aromatic amines is 1. The van der Waals surface area contributed by atoms with Gasteiger partial charge in [0.15, 0.2) is 0 Å². The van der Waals surface area contributed by atoms with Crippen molar-refractivity contribution < 1.29 is 41.9 Å². The maximum absolute atomic E-state index is 10.7. The van der Waals surface area contributed by atoms with E-state index in [1.165, 1.54) is 6.20 Å². The number of aliphatic hydroxyl groups excluding tert-OH is 3. The molecule has 10 nitrogen and oxygen atoms in total. The lowest BCUT2D eigenvalue weighted by Gasteiger charge is -2.39. The number of rotatable bonds is 5. The molecule has 0 amide bonds. The van der Waals surface area contributed by atoms with Crippen LogP contribution in [0.2, 0.25) is 5.02 Å². The molecule has 0 aliphatic carbocycles. The molecule has 5 N–H and O–H groups in total. The molecule has 27 heavy (non-hydrogen) atoms. The van der Waals surface area contributed by atoms with E-state index >= 15 is 0 Å². The van der Waals surface area contributed by atoms with Crippen molar-refractivity contribution in [3.05, 3.63) is 27.8 Å². The van der Waals surface area contributed by atoms with E-state index in [1.54, 1.807) is 12.1 Å². The molecule has 13 heteroatoms. The van der Waals surface area contributed by atoms with E-state index in [1.807, 2.05) is 0 Å². The molecule has 1 aliphatic heterocycles. The third-order valence-corrected chi connectivity index (χ3v) is 5.71. The normalized spacial score (nSPS) is 29.2. The molecule has 5 atom stereocenters. The molecule has 1 fully saturated rings. The molecule has 1 aromatic carbocycles. The van der Waals surface area contributed by atoms with Crippen LogP contribution in [0.25, 0.3) is 10.9 Å². The lowest BCUT2D eigenvalue weighted by molar-refractivity contribution is -0.276. The van der Waals surface area contributed by atoms with Gasteiger partial charge in [0, 0.05) is 10.7 Å². The number of hydrogen-bond donors (Lipinski definition) is 5. The summed E-state index contributed by atoms with van der Waals surface area (Å²) in [6, 6.07) is 3.46. The zero-order chi connectivity index (χ0) is 19.9. The quantitative estimate of drug-likeness (QED) is 0.380. The second kappa shape index (κ2) is 7.81. The van der Waals surface area contributed by atoms with E-state index in [4.69, 9.17) is 25.6 Å². The van der Waals surface area contributed by atoms with Crippen molar-refractivity contribution in [1.29, 1.82) is 0 Å². The maximum atomic E-state index is 10.7. The molecular weight excluding hydrogens is 474 g/mol. The van der Waals surface area contributed by atoms with Gasteiger partial charge in [-0.1, -0.05) is 11.6 Å². The highest BCUT2D eigenvalue weighted by Gasteiger charge is 2.45. The van der Waals surface area contributed by atoms with Crippen LogP contribution in [0.4, 0.5) is 0 Å². The van der Waals surface area contributed by atoms with Crippen LogP contribution in [0, 0.1) is 0 Å². The highest BCUT2D eigenvalue weighted by atomic mass is 79.9. The number of hydrogen-bond acceptors (Lipinski definition) is 8. The fourth-order valence-electron chi connectivity index (χ4n) is 2.65. The number of aliphatic hydroxyl groups is 3. The second-order valence-electron chi connectivity index (χ2n) is 5.78. The zero-order valence-electron chi connectivity index (χ0n) is 13.3. The molecule has 2 aromatic rings. The van der Waals surface area contributed by atoms with Crippen LogP contribution < -0.4 is 4.74 Å². The number of nitrogens with one attached hydrogen (secondary N) is 1. The van der Waals surface area contributed by atoms with Gasteiger partial charge < -0.3 is 29.8 Å². The van der Waals surface area contributed by atoms with E-state index in [0.717, 1.165) is 0 Å². The number of ether oxygens (including phenoxy) is 2. The third-order valence-electron chi connectivity index (χ3n) is 3.99. The highest BCUT2D eigenvalue weighted by molar-refractivity contribution is 9.10. The number of benzene rings is 1. The number of halogens is 2. The third kappa shape index (κ3) is 4.39. The van der Waals surface area contributed by atoms with Gasteiger partial charge in [0.25, 0.3) is 0 Å². The minimum atomic E-state index is -4.79. The Bertz CT molecular complexity index is 936. The van der Waals surface area contributed by atoms with E-state index < -0.39 is 47.7 Å². The zero-order valence-corrected chi connectivity index (χ0v) is 16.5. The molecule has 1 saturated heterocycles. The van der Waals surface area contributed by atoms with Gasteiger partial charge >= 0.3 is 10.4 Å². The minimum Gasteiger partial charge on any atom is -0.460 e. The fourth-order valence-corrected chi connectivity index (χ4v) is 3.54. The largest absolute Gasteiger partial charge is 0.460 e. The number of aromatic nitrogens is 1. The Hall–Kier alpha value is -0.960. The summed E-state index contributed by atoms with van der Waals surface area (Å²) in [5, 5.41) is 30.9. The summed E-state index contributed by atoms with van der Waals surface area (Å²) in [5.74, 6) is 0.193. The Morgan fingerprint density at radius 3 is 2.59 bits per heavy atom. The van der Waals surface area contributed by atoms with Crippen LogP contribution in [-0.2, 0) is 19.3 Å². The molecule has 1 aliphatic rings. The molecule has 0 saturated carbocycles. The Morgan fingerprint density at radius 1 is 1.22 bits per heavy atom. The van der Waals surface area contributed by atoms with Crippen molar-refractivity contribution in [2.45, 2.75) is 30.7 Å². The Balaban J connectivity index is 1.84. The van der Waals surface area contributed by atoms with Crippen LogP contribution in [0.5, 0.6) is 5.75 Å².